The highest BCUT2D eigenvalue weighted by atomic mass is 32.2. The molecule has 1 aromatic rings. The second-order valence-corrected chi connectivity index (χ2v) is 5.93. The third-order valence-electron chi connectivity index (χ3n) is 3.05. The standard InChI is InChI=1S/C12H17N3O4S/c1-2-19-12(16)15-20(17,18)14-11-9-6-4-3-5-8(9)7-10(11)13/h3-6,10-11,14H,2,7,13H2,1H3,(H,15,16). The lowest BCUT2D eigenvalue weighted by atomic mass is 10.1. The number of benzene rings is 1. The summed E-state index contributed by atoms with van der Waals surface area (Å²) in [4.78, 5) is 11.2. The van der Waals surface area contributed by atoms with Gasteiger partial charge in [-0.15, -0.1) is 0 Å². The summed E-state index contributed by atoms with van der Waals surface area (Å²) in [5.74, 6) is 0. The molecule has 7 nitrogen and oxygen atoms in total. The van der Waals surface area contributed by atoms with Crippen LogP contribution in [0.25, 0.3) is 0 Å². The molecule has 0 spiro atoms. The van der Waals surface area contributed by atoms with Gasteiger partial charge in [0.05, 0.1) is 12.6 Å². The van der Waals surface area contributed by atoms with Crippen molar-refractivity contribution in [1.29, 1.82) is 0 Å². The van der Waals surface area contributed by atoms with E-state index in [4.69, 9.17) is 5.73 Å². The Morgan fingerprint density at radius 2 is 2.15 bits per heavy atom. The summed E-state index contributed by atoms with van der Waals surface area (Å²) in [5, 5.41) is 0. The first kappa shape index (κ1) is 14.8. The second-order valence-electron chi connectivity index (χ2n) is 4.49. The van der Waals surface area contributed by atoms with Crippen LogP contribution in [-0.4, -0.2) is 27.2 Å². The molecule has 0 saturated carbocycles. The largest absolute Gasteiger partial charge is 0.449 e. The summed E-state index contributed by atoms with van der Waals surface area (Å²) in [6.45, 7) is 1.68. The molecule has 0 radical (unpaired) electrons. The zero-order valence-electron chi connectivity index (χ0n) is 11.0. The fraction of sp³-hybridized carbons (Fsp3) is 0.417. The first-order chi connectivity index (χ1) is 9.43. The smallest absolute Gasteiger partial charge is 0.421 e. The Bertz CT molecular complexity index is 602. The number of rotatable bonds is 4. The van der Waals surface area contributed by atoms with Crippen molar-refractivity contribution < 1.29 is 17.9 Å². The van der Waals surface area contributed by atoms with Gasteiger partial charge in [0.15, 0.2) is 0 Å². The number of amides is 1. The van der Waals surface area contributed by atoms with E-state index in [9.17, 15) is 13.2 Å². The predicted octanol–water partition coefficient (Wildman–Crippen LogP) is 0.192. The Morgan fingerprint density at radius 3 is 2.85 bits per heavy atom. The summed E-state index contributed by atoms with van der Waals surface area (Å²) in [6, 6.07) is 6.49. The van der Waals surface area contributed by atoms with Crippen LogP contribution in [0.4, 0.5) is 4.79 Å². The van der Waals surface area contributed by atoms with Gasteiger partial charge in [-0.05, 0) is 24.5 Å². The van der Waals surface area contributed by atoms with Crippen molar-refractivity contribution in [3.8, 4) is 0 Å². The summed E-state index contributed by atoms with van der Waals surface area (Å²) in [5.41, 5.74) is 7.79. The molecule has 8 heteroatoms. The van der Waals surface area contributed by atoms with E-state index in [0.717, 1.165) is 11.1 Å². The zero-order chi connectivity index (χ0) is 14.8. The highest BCUT2D eigenvalue weighted by Crippen LogP contribution is 2.30. The van der Waals surface area contributed by atoms with E-state index in [2.05, 4.69) is 9.46 Å². The lowest BCUT2D eigenvalue weighted by Crippen LogP contribution is -2.46. The number of carbonyl (C=O) groups excluding carboxylic acids is 1. The first-order valence-corrected chi connectivity index (χ1v) is 7.71. The van der Waals surface area contributed by atoms with Crippen LogP contribution in [0, 0.1) is 0 Å². The van der Waals surface area contributed by atoms with Gasteiger partial charge in [-0.1, -0.05) is 24.3 Å². The van der Waals surface area contributed by atoms with Crippen LogP contribution < -0.4 is 15.2 Å². The van der Waals surface area contributed by atoms with Crippen molar-refractivity contribution in [3.63, 3.8) is 0 Å². The van der Waals surface area contributed by atoms with E-state index in [1.165, 1.54) is 0 Å². The Labute approximate surface area is 117 Å². The molecule has 1 amide bonds. The molecule has 2 rings (SSSR count). The lowest BCUT2D eigenvalue weighted by molar-refractivity contribution is 0.158. The van der Waals surface area contributed by atoms with Gasteiger partial charge < -0.3 is 10.5 Å². The van der Waals surface area contributed by atoms with E-state index < -0.39 is 22.3 Å². The molecule has 0 heterocycles. The Morgan fingerprint density at radius 1 is 1.45 bits per heavy atom. The molecule has 1 aliphatic rings. The van der Waals surface area contributed by atoms with Gasteiger partial charge in [0, 0.05) is 6.04 Å². The molecule has 4 N–H and O–H groups in total. The summed E-state index contributed by atoms with van der Waals surface area (Å²) < 4.78 is 32.4. The maximum Gasteiger partial charge on any atom is 0.421 e. The number of nitrogens with one attached hydrogen (secondary N) is 2. The fourth-order valence-corrected chi connectivity index (χ4v) is 3.22. The first-order valence-electron chi connectivity index (χ1n) is 6.23. The number of hydrogen-bond acceptors (Lipinski definition) is 5. The molecular formula is C12H17N3O4S. The summed E-state index contributed by atoms with van der Waals surface area (Å²) >= 11 is 0. The van der Waals surface area contributed by atoms with Crippen LogP contribution in [0.2, 0.25) is 0 Å². The molecule has 0 fully saturated rings. The molecule has 2 unspecified atom stereocenters. The number of fused-ring (bicyclic) bond motifs is 1. The van der Waals surface area contributed by atoms with E-state index >= 15 is 0 Å². The molecular weight excluding hydrogens is 282 g/mol. The average molecular weight is 299 g/mol. The van der Waals surface area contributed by atoms with Crippen LogP contribution in [0.5, 0.6) is 0 Å². The average Bonchev–Trinajstić information content (AvgIpc) is 2.65. The van der Waals surface area contributed by atoms with E-state index in [1.54, 1.807) is 11.6 Å². The normalized spacial score (nSPS) is 21.3. The van der Waals surface area contributed by atoms with Gasteiger partial charge in [0.2, 0.25) is 0 Å². The van der Waals surface area contributed by atoms with Crippen LogP contribution in [0.15, 0.2) is 24.3 Å². The van der Waals surface area contributed by atoms with Crippen LogP contribution in [0.1, 0.15) is 24.1 Å². The Balaban J connectivity index is 2.12. The van der Waals surface area contributed by atoms with Crippen molar-refractivity contribution in [2.75, 3.05) is 6.61 Å². The number of carbonyl (C=O) groups is 1. The Kier molecular flexibility index (Phi) is 4.26. The number of hydrogen-bond donors (Lipinski definition) is 3. The van der Waals surface area contributed by atoms with E-state index in [1.807, 2.05) is 24.3 Å². The SMILES string of the molecule is CCOC(=O)NS(=O)(=O)NC1c2ccccc2CC1N. The summed E-state index contributed by atoms with van der Waals surface area (Å²) in [7, 11) is -4.02. The van der Waals surface area contributed by atoms with Crippen molar-refractivity contribution in [3.05, 3.63) is 35.4 Å². The number of nitrogens with two attached hydrogens (primary N) is 1. The number of ether oxygens (including phenoxy) is 1. The fourth-order valence-electron chi connectivity index (χ4n) is 2.24. The van der Waals surface area contributed by atoms with Gasteiger partial charge in [0.25, 0.3) is 0 Å². The maximum atomic E-state index is 11.8. The quantitative estimate of drug-likeness (QED) is 0.735. The topological polar surface area (TPSA) is 111 Å². The molecule has 0 bridgehead atoms. The van der Waals surface area contributed by atoms with Crippen molar-refractivity contribution in [2.45, 2.75) is 25.4 Å². The van der Waals surface area contributed by atoms with Crippen LogP contribution in [0.3, 0.4) is 0 Å². The van der Waals surface area contributed by atoms with Gasteiger partial charge in [0.1, 0.15) is 0 Å². The minimum absolute atomic E-state index is 0.0904. The molecule has 0 saturated heterocycles. The monoisotopic (exact) mass is 299 g/mol. The molecule has 0 aromatic heterocycles. The molecule has 1 aromatic carbocycles. The maximum absolute atomic E-state index is 11.8. The highest BCUT2D eigenvalue weighted by molar-refractivity contribution is 7.88. The molecule has 110 valence electrons. The van der Waals surface area contributed by atoms with E-state index in [-0.39, 0.29) is 12.6 Å². The van der Waals surface area contributed by atoms with E-state index in [0.29, 0.717) is 6.42 Å². The van der Waals surface area contributed by atoms with Gasteiger partial charge in [-0.2, -0.15) is 13.1 Å². The third kappa shape index (κ3) is 3.27. The Hall–Kier alpha value is -1.64. The molecule has 1 aliphatic carbocycles. The molecule has 20 heavy (non-hydrogen) atoms. The van der Waals surface area contributed by atoms with Gasteiger partial charge in [-0.3, -0.25) is 0 Å². The van der Waals surface area contributed by atoms with Gasteiger partial charge >= 0.3 is 16.3 Å². The molecule has 2 atom stereocenters. The minimum Gasteiger partial charge on any atom is -0.449 e. The van der Waals surface area contributed by atoms with Crippen LogP contribution in [-0.2, 0) is 21.4 Å². The molecule has 0 aliphatic heterocycles. The van der Waals surface area contributed by atoms with Crippen molar-refractivity contribution in [2.24, 2.45) is 5.73 Å². The lowest BCUT2D eigenvalue weighted by Gasteiger charge is -2.18. The second kappa shape index (κ2) is 5.78. The van der Waals surface area contributed by atoms with Crippen LogP contribution >= 0.6 is 0 Å². The highest BCUT2D eigenvalue weighted by Gasteiger charge is 2.33. The zero-order valence-corrected chi connectivity index (χ0v) is 11.8. The minimum atomic E-state index is -4.02. The van der Waals surface area contributed by atoms with Crippen molar-refractivity contribution in [1.82, 2.24) is 9.44 Å². The van der Waals surface area contributed by atoms with Crippen molar-refractivity contribution >= 4 is 16.3 Å². The predicted molar refractivity (Wildman–Crippen MR) is 73.1 cm³/mol. The third-order valence-corrected chi connectivity index (χ3v) is 4.05. The summed E-state index contributed by atoms with van der Waals surface area (Å²) in [6.07, 6.45) is -0.428. The van der Waals surface area contributed by atoms with Gasteiger partial charge in [-0.25, -0.2) is 9.52 Å².